The van der Waals surface area contributed by atoms with Crippen molar-refractivity contribution in [3.8, 4) is 0 Å². The summed E-state index contributed by atoms with van der Waals surface area (Å²) in [5.74, 6) is -0.552. The van der Waals surface area contributed by atoms with Gasteiger partial charge < -0.3 is 9.47 Å². The number of esters is 2. The molecule has 160 valence electrons. The molecule has 4 nitrogen and oxygen atoms in total. The van der Waals surface area contributed by atoms with Gasteiger partial charge in [0.1, 0.15) is 0 Å². The summed E-state index contributed by atoms with van der Waals surface area (Å²) in [6.45, 7) is 8.30. The molecule has 0 aromatic rings. The van der Waals surface area contributed by atoms with Gasteiger partial charge in [-0.3, -0.25) is 9.59 Å². The Labute approximate surface area is 167 Å². The highest BCUT2D eigenvalue weighted by Gasteiger charge is 2.22. The number of carbonyl (C=O) groups excluding carboxylic acids is 2. The summed E-state index contributed by atoms with van der Waals surface area (Å²) >= 11 is 0. The van der Waals surface area contributed by atoms with Crippen molar-refractivity contribution >= 4 is 11.9 Å². The maximum Gasteiger partial charge on any atom is 0.311 e. The monoisotopic (exact) mass is 384 g/mol. The zero-order valence-electron chi connectivity index (χ0n) is 18.4. The number of ether oxygens (including phenoxy) is 2. The molecule has 4 heteroatoms. The van der Waals surface area contributed by atoms with E-state index >= 15 is 0 Å². The predicted molar refractivity (Wildman–Crippen MR) is 111 cm³/mol. The summed E-state index contributed by atoms with van der Waals surface area (Å²) in [7, 11) is 0. The highest BCUT2D eigenvalue weighted by Crippen LogP contribution is 2.20. The number of hydrogen-bond donors (Lipinski definition) is 0. The van der Waals surface area contributed by atoms with Gasteiger partial charge in [-0.1, -0.05) is 91.9 Å². The molecule has 0 saturated carbocycles. The fourth-order valence-electron chi connectivity index (χ4n) is 3.47. The van der Waals surface area contributed by atoms with Crippen LogP contribution in [0.3, 0.4) is 0 Å². The summed E-state index contributed by atoms with van der Waals surface area (Å²) in [4.78, 5) is 24.6. The van der Waals surface area contributed by atoms with E-state index in [2.05, 4.69) is 27.7 Å². The van der Waals surface area contributed by atoms with E-state index < -0.39 is 0 Å². The molecule has 0 aromatic carbocycles. The third kappa shape index (κ3) is 13.7. The predicted octanol–water partition coefficient (Wildman–Crippen LogP) is 6.80. The van der Waals surface area contributed by atoms with E-state index in [0.29, 0.717) is 0 Å². The maximum atomic E-state index is 12.3. The average molecular weight is 385 g/mol. The van der Waals surface area contributed by atoms with Gasteiger partial charge in [-0.25, -0.2) is 0 Å². The Balaban J connectivity index is 4.23. The SMILES string of the molecule is CCCCCC[C@@H](CCC)C(=O)OCOC(=O)[C@@H](CCC)CCCCCC. The zero-order chi connectivity index (χ0) is 20.3. The van der Waals surface area contributed by atoms with E-state index in [1.165, 1.54) is 25.7 Å². The first kappa shape index (κ1) is 25.9. The lowest BCUT2D eigenvalue weighted by Gasteiger charge is -2.17. The van der Waals surface area contributed by atoms with Gasteiger partial charge >= 0.3 is 11.9 Å². The normalized spacial score (nSPS) is 13.2. The summed E-state index contributed by atoms with van der Waals surface area (Å²) < 4.78 is 10.5. The van der Waals surface area contributed by atoms with Crippen LogP contribution in [-0.4, -0.2) is 18.7 Å². The second-order valence-corrected chi connectivity index (χ2v) is 7.71. The number of rotatable bonds is 18. The Kier molecular flexibility index (Phi) is 17.6. The largest absolute Gasteiger partial charge is 0.428 e. The Morgan fingerprint density at radius 1 is 0.556 bits per heavy atom. The molecular formula is C23H44O4. The molecule has 0 heterocycles. The molecule has 0 radical (unpaired) electrons. The third-order valence-corrected chi connectivity index (χ3v) is 5.16. The van der Waals surface area contributed by atoms with Crippen molar-refractivity contribution in [2.24, 2.45) is 11.8 Å². The molecule has 0 bridgehead atoms. The van der Waals surface area contributed by atoms with Gasteiger partial charge in [0.05, 0.1) is 11.8 Å². The van der Waals surface area contributed by atoms with Gasteiger partial charge in [0.2, 0.25) is 6.79 Å². The molecule has 0 aliphatic carbocycles. The van der Waals surface area contributed by atoms with E-state index in [-0.39, 0.29) is 30.6 Å². The van der Waals surface area contributed by atoms with Crippen LogP contribution < -0.4 is 0 Å². The fraction of sp³-hybridized carbons (Fsp3) is 0.913. The van der Waals surface area contributed by atoms with Crippen molar-refractivity contribution in [2.75, 3.05) is 6.79 Å². The quantitative estimate of drug-likeness (QED) is 0.148. The molecule has 0 fully saturated rings. The lowest BCUT2D eigenvalue weighted by molar-refractivity contribution is -0.173. The molecule has 27 heavy (non-hydrogen) atoms. The maximum absolute atomic E-state index is 12.3. The Morgan fingerprint density at radius 3 is 1.30 bits per heavy atom. The number of unbranched alkanes of at least 4 members (excludes halogenated alkanes) is 6. The van der Waals surface area contributed by atoms with Crippen LogP contribution in [0.5, 0.6) is 0 Å². The average Bonchev–Trinajstić information content (AvgIpc) is 2.66. The van der Waals surface area contributed by atoms with Crippen molar-refractivity contribution in [3.05, 3.63) is 0 Å². The second kappa shape index (κ2) is 18.3. The van der Waals surface area contributed by atoms with Crippen LogP contribution in [0, 0.1) is 11.8 Å². The van der Waals surface area contributed by atoms with Crippen molar-refractivity contribution in [1.29, 1.82) is 0 Å². The lowest BCUT2D eigenvalue weighted by atomic mass is 9.96. The molecule has 0 saturated heterocycles. The van der Waals surface area contributed by atoms with E-state index in [4.69, 9.17) is 9.47 Å². The highest BCUT2D eigenvalue weighted by molar-refractivity contribution is 5.74. The van der Waals surface area contributed by atoms with E-state index in [1.54, 1.807) is 0 Å². The molecule has 0 amide bonds. The van der Waals surface area contributed by atoms with Gasteiger partial charge in [0, 0.05) is 0 Å². The summed E-state index contributed by atoms with van der Waals surface area (Å²) in [6.07, 6.45) is 14.6. The van der Waals surface area contributed by atoms with E-state index in [0.717, 1.165) is 64.2 Å². The van der Waals surface area contributed by atoms with Gasteiger partial charge in [-0.15, -0.1) is 0 Å². The van der Waals surface area contributed by atoms with E-state index in [9.17, 15) is 9.59 Å². The standard InChI is InChI=1S/C23H44O4/c1-5-9-11-13-17-20(15-7-3)22(24)26-19-27-23(25)21(16-8-4)18-14-12-10-6-2/h20-21H,5-19H2,1-4H3/t20-,21+. The van der Waals surface area contributed by atoms with Crippen molar-refractivity contribution in [2.45, 2.75) is 118 Å². The smallest absolute Gasteiger partial charge is 0.311 e. The molecule has 0 rings (SSSR count). The molecule has 0 aliphatic heterocycles. The van der Waals surface area contributed by atoms with Gasteiger partial charge in [0.25, 0.3) is 0 Å². The Bertz CT molecular complexity index is 333. The van der Waals surface area contributed by atoms with Crippen molar-refractivity contribution < 1.29 is 19.1 Å². The minimum atomic E-state index is -0.234. The molecule has 0 N–H and O–H groups in total. The highest BCUT2D eigenvalue weighted by atomic mass is 16.7. The number of carbonyl (C=O) groups is 2. The first-order valence-corrected chi connectivity index (χ1v) is 11.4. The van der Waals surface area contributed by atoms with Crippen LogP contribution in [0.2, 0.25) is 0 Å². The van der Waals surface area contributed by atoms with Gasteiger partial charge in [-0.2, -0.15) is 0 Å². The first-order valence-electron chi connectivity index (χ1n) is 11.4. The topological polar surface area (TPSA) is 52.6 Å². The minimum absolute atomic E-state index is 0.0639. The summed E-state index contributed by atoms with van der Waals surface area (Å²) in [5, 5.41) is 0. The molecule has 0 spiro atoms. The molecular weight excluding hydrogens is 340 g/mol. The molecule has 0 aliphatic rings. The molecule has 2 atom stereocenters. The second-order valence-electron chi connectivity index (χ2n) is 7.71. The van der Waals surface area contributed by atoms with Crippen molar-refractivity contribution in [1.82, 2.24) is 0 Å². The third-order valence-electron chi connectivity index (χ3n) is 5.16. The van der Waals surface area contributed by atoms with Crippen LogP contribution in [0.4, 0.5) is 0 Å². The van der Waals surface area contributed by atoms with Crippen LogP contribution in [0.15, 0.2) is 0 Å². The summed E-state index contributed by atoms with van der Waals surface area (Å²) in [5.41, 5.74) is 0. The lowest BCUT2D eigenvalue weighted by Crippen LogP contribution is -2.23. The fourth-order valence-corrected chi connectivity index (χ4v) is 3.47. The molecule has 0 aromatic heterocycles. The zero-order valence-corrected chi connectivity index (χ0v) is 18.4. The minimum Gasteiger partial charge on any atom is -0.428 e. The summed E-state index contributed by atoms with van der Waals surface area (Å²) in [6, 6.07) is 0. The van der Waals surface area contributed by atoms with Crippen LogP contribution in [0.25, 0.3) is 0 Å². The van der Waals surface area contributed by atoms with E-state index in [1.807, 2.05) is 0 Å². The molecule has 0 unspecified atom stereocenters. The Hall–Kier alpha value is -1.06. The number of hydrogen-bond acceptors (Lipinski definition) is 4. The van der Waals surface area contributed by atoms with Crippen LogP contribution >= 0.6 is 0 Å². The van der Waals surface area contributed by atoms with Gasteiger partial charge in [0.15, 0.2) is 0 Å². The van der Waals surface area contributed by atoms with Gasteiger partial charge in [-0.05, 0) is 25.7 Å². The van der Waals surface area contributed by atoms with Crippen LogP contribution in [-0.2, 0) is 19.1 Å². The van der Waals surface area contributed by atoms with Crippen molar-refractivity contribution in [3.63, 3.8) is 0 Å². The Morgan fingerprint density at radius 2 is 0.963 bits per heavy atom. The first-order chi connectivity index (χ1) is 13.1. The van der Waals surface area contributed by atoms with Crippen LogP contribution in [0.1, 0.15) is 118 Å².